The van der Waals surface area contributed by atoms with Crippen LogP contribution in [-0.2, 0) is 0 Å². The van der Waals surface area contributed by atoms with Gasteiger partial charge in [-0.05, 0) is 42.3 Å². The van der Waals surface area contributed by atoms with Crippen molar-refractivity contribution in [2.75, 3.05) is 14.2 Å². The maximum atomic E-state index is 14.1. The van der Waals surface area contributed by atoms with Crippen LogP contribution in [-0.4, -0.2) is 14.2 Å². The number of benzene rings is 2. The molecule has 0 spiro atoms. The first kappa shape index (κ1) is 16.3. The van der Waals surface area contributed by atoms with E-state index in [1.807, 2.05) is 25.1 Å². The van der Waals surface area contributed by atoms with Crippen molar-refractivity contribution in [3.63, 3.8) is 0 Å². The minimum atomic E-state index is -0.263. The zero-order chi connectivity index (χ0) is 15.6. The highest BCUT2D eigenvalue weighted by atomic mass is 79.9. The summed E-state index contributed by atoms with van der Waals surface area (Å²) in [5.74, 6) is 1.02. The molecule has 21 heavy (non-hydrogen) atoms. The van der Waals surface area contributed by atoms with Crippen molar-refractivity contribution in [1.82, 2.24) is 0 Å². The lowest BCUT2D eigenvalue weighted by molar-refractivity contribution is 0.354. The van der Waals surface area contributed by atoms with Gasteiger partial charge in [-0.3, -0.25) is 0 Å². The Morgan fingerprint density at radius 3 is 2.19 bits per heavy atom. The summed E-state index contributed by atoms with van der Waals surface area (Å²) < 4.78 is 25.4. The van der Waals surface area contributed by atoms with Crippen molar-refractivity contribution in [2.45, 2.75) is 11.8 Å². The van der Waals surface area contributed by atoms with Gasteiger partial charge in [-0.15, -0.1) is 0 Å². The molecule has 0 amide bonds. The van der Waals surface area contributed by atoms with Crippen molar-refractivity contribution >= 4 is 31.9 Å². The van der Waals surface area contributed by atoms with Crippen LogP contribution in [0.3, 0.4) is 0 Å². The Hall–Kier alpha value is -1.07. The van der Waals surface area contributed by atoms with E-state index in [0.717, 1.165) is 11.1 Å². The van der Waals surface area contributed by atoms with Crippen molar-refractivity contribution in [1.29, 1.82) is 0 Å². The van der Waals surface area contributed by atoms with Gasteiger partial charge in [-0.25, -0.2) is 4.39 Å². The molecule has 0 radical (unpaired) electrons. The van der Waals surface area contributed by atoms with Crippen molar-refractivity contribution in [3.05, 3.63) is 57.3 Å². The number of rotatable bonds is 4. The summed E-state index contributed by atoms with van der Waals surface area (Å²) in [6, 6.07) is 8.80. The van der Waals surface area contributed by atoms with Crippen molar-refractivity contribution in [3.8, 4) is 11.5 Å². The summed E-state index contributed by atoms with van der Waals surface area (Å²) in [6.45, 7) is 1.96. The molecule has 2 aromatic rings. The van der Waals surface area contributed by atoms with E-state index in [1.54, 1.807) is 20.3 Å². The minimum absolute atomic E-state index is 0.259. The van der Waals surface area contributed by atoms with E-state index >= 15 is 0 Å². The molecule has 1 atom stereocenters. The SMILES string of the molecule is COc1cc(C)c(C(Br)c2ccc(Br)cc2F)cc1OC. The molecule has 0 heterocycles. The predicted molar refractivity (Wildman–Crippen MR) is 89.2 cm³/mol. The lowest BCUT2D eigenvalue weighted by Crippen LogP contribution is -2.01. The molecule has 2 nitrogen and oxygen atoms in total. The highest BCUT2D eigenvalue weighted by molar-refractivity contribution is 9.10. The van der Waals surface area contributed by atoms with Crippen molar-refractivity contribution < 1.29 is 13.9 Å². The Morgan fingerprint density at radius 1 is 1.00 bits per heavy atom. The maximum absolute atomic E-state index is 14.1. The zero-order valence-corrected chi connectivity index (χ0v) is 15.1. The molecule has 1 unspecified atom stereocenters. The molecular formula is C16H15Br2FO2. The summed E-state index contributed by atoms with van der Waals surface area (Å²) in [5, 5.41) is 0. The van der Waals surface area contributed by atoms with Crippen LogP contribution in [0.15, 0.2) is 34.8 Å². The maximum Gasteiger partial charge on any atom is 0.161 e. The van der Waals surface area contributed by atoms with Crippen molar-refractivity contribution in [2.24, 2.45) is 0 Å². The van der Waals surface area contributed by atoms with Gasteiger partial charge in [0, 0.05) is 10.0 Å². The number of hydrogen-bond donors (Lipinski definition) is 0. The number of ether oxygens (including phenoxy) is 2. The highest BCUT2D eigenvalue weighted by Gasteiger charge is 2.19. The lowest BCUT2D eigenvalue weighted by atomic mass is 9.99. The summed E-state index contributed by atoms with van der Waals surface area (Å²) >= 11 is 6.84. The molecule has 0 fully saturated rings. The number of aryl methyl sites for hydroxylation is 1. The normalized spacial score (nSPS) is 12.1. The fourth-order valence-electron chi connectivity index (χ4n) is 2.14. The van der Waals surface area contributed by atoms with Crippen LogP contribution in [0.25, 0.3) is 0 Å². The average molecular weight is 418 g/mol. The highest BCUT2D eigenvalue weighted by Crippen LogP contribution is 2.40. The quantitative estimate of drug-likeness (QED) is 0.620. The topological polar surface area (TPSA) is 18.5 Å². The summed E-state index contributed by atoms with van der Waals surface area (Å²) in [7, 11) is 3.18. The summed E-state index contributed by atoms with van der Waals surface area (Å²) in [4.78, 5) is -0.259. The van der Waals surface area contributed by atoms with Crippen LogP contribution < -0.4 is 9.47 Å². The average Bonchev–Trinajstić information content (AvgIpc) is 2.46. The van der Waals surface area contributed by atoms with E-state index in [-0.39, 0.29) is 10.6 Å². The standard InChI is InChI=1S/C16H15Br2FO2/c1-9-6-14(20-2)15(21-3)8-12(9)16(18)11-5-4-10(17)7-13(11)19/h4-8,16H,1-3H3. The second-order valence-corrected chi connectivity index (χ2v) is 6.42. The van der Waals surface area contributed by atoms with E-state index in [4.69, 9.17) is 9.47 Å². The molecule has 0 aliphatic rings. The van der Waals surface area contributed by atoms with E-state index in [9.17, 15) is 4.39 Å². The first-order valence-electron chi connectivity index (χ1n) is 6.29. The third-order valence-corrected chi connectivity index (χ3v) is 4.76. The van der Waals surface area contributed by atoms with Crippen LogP contribution in [0, 0.1) is 12.7 Å². The fourth-order valence-corrected chi connectivity index (χ4v) is 3.34. The van der Waals surface area contributed by atoms with Gasteiger partial charge < -0.3 is 9.47 Å². The Balaban J connectivity index is 2.50. The molecule has 2 rings (SSSR count). The first-order chi connectivity index (χ1) is 9.97. The number of hydrogen-bond acceptors (Lipinski definition) is 2. The zero-order valence-electron chi connectivity index (χ0n) is 11.9. The lowest BCUT2D eigenvalue weighted by Gasteiger charge is -2.17. The fraction of sp³-hybridized carbons (Fsp3) is 0.250. The molecule has 0 N–H and O–H groups in total. The second kappa shape index (κ2) is 6.79. The molecule has 112 valence electrons. The van der Waals surface area contributed by atoms with Crippen LogP contribution >= 0.6 is 31.9 Å². The first-order valence-corrected chi connectivity index (χ1v) is 8.00. The Morgan fingerprint density at radius 2 is 1.62 bits per heavy atom. The number of methoxy groups -OCH3 is 2. The summed E-state index contributed by atoms with van der Waals surface area (Å²) in [5.41, 5.74) is 2.51. The van der Waals surface area contributed by atoms with Gasteiger partial charge in [0.15, 0.2) is 11.5 Å². The Kier molecular flexibility index (Phi) is 5.27. The van der Waals surface area contributed by atoms with Gasteiger partial charge in [0.25, 0.3) is 0 Å². The molecule has 0 saturated heterocycles. The number of halogens is 3. The molecule has 0 aromatic heterocycles. The monoisotopic (exact) mass is 416 g/mol. The Bertz CT molecular complexity index is 659. The molecular weight excluding hydrogens is 403 g/mol. The van der Waals surface area contributed by atoms with Crippen LogP contribution in [0.2, 0.25) is 0 Å². The third kappa shape index (κ3) is 3.40. The predicted octanol–water partition coefficient (Wildman–Crippen LogP) is 5.40. The van der Waals surface area contributed by atoms with Gasteiger partial charge in [-0.1, -0.05) is 37.9 Å². The molecule has 0 aliphatic carbocycles. The van der Waals surface area contributed by atoms with E-state index in [0.29, 0.717) is 21.5 Å². The van der Waals surface area contributed by atoms with Crippen LogP contribution in [0.4, 0.5) is 4.39 Å². The minimum Gasteiger partial charge on any atom is -0.493 e. The molecule has 5 heteroatoms. The van der Waals surface area contributed by atoms with Gasteiger partial charge >= 0.3 is 0 Å². The summed E-state index contributed by atoms with van der Waals surface area (Å²) in [6.07, 6.45) is 0. The second-order valence-electron chi connectivity index (χ2n) is 4.59. The van der Waals surface area contributed by atoms with Gasteiger partial charge in [0.05, 0.1) is 19.0 Å². The van der Waals surface area contributed by atoms with Gasteiger partial charge in [0.2, 0.25) is 0 Å². The van der Waals surface area contributed by atoms with Gasteiger partial charge in [0.1, 0.15) is 5.82 Å². The van der Waals surface area contributed by atoms with Gasteiger partial charge in [-0.2, -0.15) is 0 Å². The van der Waals surface area contributed by atoms with E-state index in [2.05, 4.69) is 31.9 Å². The number of alkyl halides is 1. The Labute approximate surface area is 140 Å². The smallest absolute Gasteiger partial charge is 0.161 e. The van der Waals surface area contributed by atoms with Crippen LogP contribution in [0.5, 0.6) is 11.5 Å². The van der Waals surface area contributed by atoms with Crippen LogP contribution in [0.1, 0.15) is 21.5 Å². The molecule has 2 aromatic carbocycles. The third-order valence-electron chi connectivity index (χ3n) is 3.28. The molecule has 0 aliphatic heterocycles. The molecule has 0 bridgehead atoms. The van der Waals surface area contributed by atoms with E-state index in [1.165, 1.54) is 6.07 Å². The molecule has 0 saturated carbocycles. The largest absolute Gasteiger partial charge is 0.493 e. The van der Waals surface area contributed by atoms with E-state index < -0.39 is 0 Å².